The van der Waals surface area contributed by atoms with Gasteiger partial charge in [0.15, 0.2) is 11.6 Å². The Morgan fingerprint density at radius 3 is 2.46 bits per heavy atom. The van der Waals surface area contributed by atoms with Crippen LogP contribution in [0.1, 0.15) is 38.5 Å². The molecule has 12 nitrogen and oxygen atoms in total. The van der Waals surface area contributed by atoms with Crippen molar-refractivity contribution in [3.05, 3.63) is 84.8 Å². The fourth-order valence-corrected chi connectivity index (χ4v) is 5.62. The van der Waals surface area contributed by atoms with Gasteiger partial charge in [0, 0.05) is 36.5 Å². The number of nitrogens with two attached hydrogens (primary N) is 1. The maximum absolute atomic E-state index is 14.7. The highest BCUT2D eigenvalue weighted by Gasteiger charge is 2.25. The molecule has 0 saturated carbocycles. The van der Waals surface area contributed by atoms with Crippen LogP contribution in [0.3, 0.4) is 0 Å². The molecule has 0 radical (unpaired) electrons. The van der Waals surface area contributed by atoms with Gasteiger partial charge in [-0.2, -0.15) is 4.98 Å². The molecule has 1 aliphatic heterocycles. The molecule has 4 aromatic rings. The van der Waals surface area contributed by atoms with Crippen molar-refractivity contribution in [2.45, 2.75) is 38.5 Å². The van der Waals surface area contributed by atoms with Crippen LogP contribution in [0.15, 0.2) is 79.0 Å². The molecule has 1 aromatic heterocycles. The summed E-state index contributed by atoms with van der Waals surface area (Å²) >= 11 is 0. The number of likely N-dealkylation sites (tertiary alicyclic amines) is 1. The monoisotopic (exact) mass is 684 g/mol. The van der Waals surface area contributed by atoms with E-state index in [2.05, 4.69) is 36.1 Å². The summed E-state index contributed by atoms with van der Waals surface area (Å²) < 4.78 is 25.3. The molecule has 3 aromatic carbocycles. The number of aromatic nitrogens is 2. The van der Waals surface area contributed by atoms with Gasteiger partial charge in [0.1, 0.15) is 12.4 Å². The third-order valence-corrected chi connectivity index (χ3v) is 8.38. The van der Waals surface area contributed by atoms with Crippen LogP contribution in [-0.2, 0) is 14.3 Å². The van der Waals surface area contributed by atoms with Gasteiger partial charge in [0.25, 0.3) is 0 Å². The lowest BCUT2D eigenvalue weighted by molar-refractivity contribution is -0.121. The number of para-hydroxylation sites is 2. The summed E-state index contributed by atoms with van der Waals surface area (Å²) in [7, 11) is 1.62. The molecule has 13 heteroatoms. The number of hydrogen-bond donors (Lipinski definition) is 5. The smallest absolute Gasteiger partial charge is 0.229 e. The number of unbranched alkanes of at least 4 members (excludes halogenated alkanes) is 2. The highest BCUT2D eigenvalue weighted by molar-refractivity contribution is 5.94. The van der Waals surface area contributed by atoms with Crippen LogP contribution >= 0.6 is 0 Å². The highest BCUT2D eigenvalue weighted by atomic mass is 19.1. The van der Waals surface area contributed by atoms with Crippen LogP contribution in [0.2, 0.25) is 0 Å². The topological polar surface area (TPSA) is 156 Å². The summed E-state index contributed by atoms with van der Waals surface area (Å²) in [5.41, 5.74) is 9.01. The Labute approximate surface area is 292 Å². The van der Waals surface area contributed by atoms with E-state index in [1.54, 1.807) is 43.5 Å². The maximum atomic E-state index is 14.7. The van der Waals surface area contributed by atoms with Gasteiger partial charge < -0.3 is 41.4 Å². The molecule has 0 bridgehead atoms. The van der Waals surface area contributed by atoms with Gasteiger partial charge in [-0.05, 0) is 99.9 Å². The summed E-state index contributed by atoms with van der Waals surface area (Å²) in [4.78, 5) is 36.1. The molecular weight excluding hydrogens is 639 g/mol. The average molecular weight is 685 g/mol. The number of methoxy groups -OCH3 is 1. The van der Waals surface area contributed by atoms with Crippen LogP contribution in [0.5, 0.6) is 5.75 Å². The number of nitrogens with zero attached hydrogens (tertiary/aromatic N) is 3. The number of nitrogens with one attached hydrogen (secondary N) is 4. The molecule has 2 amide bonds. The Morgan fingerprint density at radius 2 is 1.68 bits per heavy atom. The normalized spacial score (nSPS) is 13.4. The molecule has 264 valence electrons. The molecule has 1 saturated heterocycles. The molecule has 6 N–H and O–H groups in total. The molecule has 1 aliphatic rings. The molecule has 5 rings (SSSR count). The number of carbonyl (C=O) groups is 2. The molecule has 2 heterocycles. The highest BCUT2D eigenvalue weighted by Crippen LogP contribution is 2.25. The van der Waals surface area contributed by atoms with Gasteiger partial charge in [-0.15, -0.1) is 0 Å². The number of halogens is 1. The predicted octanol–water partition coefficient (Wildman–Crippen LogP) is 6.56. The Morgan fingerprint density at radius 1 is 0.900 bits per heavy atom. The molecule has 0 aliphatic carbocycles. The fourth-order valence-electron chi connectivity index (χ4n) is 5.62. The van der Waals surface area contributed by atoms with Crippen LogP contribution in [0.25, 0.3) is 0 Å². The summed E-state index contributed by atoms with van der Waals surface area (Å²) in [6, 6.07) is 21.6. The van der Waals surface area contributed by atoms with Crippen molar-refractivity contribution in [3.8, 4) is 5.75 Å². The lowest BCUT2D eigenvalue weighted by atomic mass is 9.95. The summed E-state index contributed by atoms with van der Waals surface area (Å²) in [5.74, 6) is 0.163. The Bertz CT molecular complexity index is 1700. The number of hydrogen-bond acceptors (Lipinski definition) is 10. The minimum atomic E-state index is -0.613. The Kier molecular flexibility index (Phi) is 13.3. The van der Waals surface area contributed by atoms with E-state index in [9.17, 15) is 14.0 Å². The number of piperidine rings is 1. The van der Waals surface area contributed by atoms with E-state index in [4.69, 9.17) is 15.2 Å². The van der Waals surface area contributed by atoms with E-state index in [1.807, 2.05) is 36.4 Å². The van der Waals surface area contributed by atoms with E-state index in [-0.39, 0.29) is 29.5 Å². The third-order valence-electron chi connectivity index (χ3n) is 8.38. The van der Waals surface area contributed by atoms with Gasteiger partial charge >= 0.3 is 0 Å². The molecular formula is C37H45FN8O4. The Hall–Kier alpha value is -5.27. The average Bonchev–Trinajstić information content (AvgIpc) is 3.12. The molecule has 0 unspecified atom stereocenters. The minimum absolute atomic E-state index is 0.00139. The second-order valence-electron chi connectivity index (χ2n) is 12.1. The fraction of sp³-hybridized carbons (Fsp3) is 0.351. The Balaban J connectivity index is 1.02. The second kappa shape index (κ2) is 18.5. The van der Waals surface area contributed by atoms with E-state index in [1.165, 1.54) is 0 Å². The number of ether oxygens (including phenoxy) is 2. The van der Waals surface area contributed by atoms with E-state index >= 15 is 0 Å². The molecule has 0 atom stereocenters. The van der Waals surface area contributed by atoms with Gasteiger partial charge in [-0.3, -0.25) is 9.59 Å². The standard InChI is InChI=1S/C37H45FN8O4/c1-49-22-23-50-30-15-13-27(14-16-30)43-37-40-25-31(38)35(45-37)41-28-8-7-9-29(24-28)42-36(48)26-17-20-46(21-18-26)19-6-2-3-12-34(47)44-33-11-5-4-10-32(33)39/h4-5,7-11,13-16,24-26H,2-3,6,12,17-23,39H2,1H3,(H,42,48)(H,44,47)(H2,40,41,43,45). The quantitative estimate of drug-likeness (QED) is 0.0610. The minimum Gasteiger partial charge on any atom is -0.491 e. The van der Waals surface area contributed by atoms with Gasteiger partial charge in [-0.25, -0.2) is 9.37 Å². The van der Waals surface area contributed by atoms with Crippen molar-refractivity contribution in [1.82, 2.24) is 14.9 Å². The van der Waals surface area contributed by atoms with Crippen molar-refractivity contribution in [2.75, 3.05) is 67.0 Å². The number of carbonyl (C=O) groups excluding carboxylic acids is 2. The van der Waals surface area contributed by atoms with Crippen molar-refractivity contribution in [3.63, 3.8) is 0 Å². The maximum Gasteiger partial charge on any atom is 0.229 e. The van der Waals surface area contributed by atoms with Crippen LogP contribution < -0.4 is 31.7 Å². The zero-order valence-corrected chi connectivity index (χ0v) is 28.3. The summed E-state index contributed by atoms with van der Waals surface area (Å²) in [6.07, 6.45) is 5.88. The summed E-state index contributed by atoms with van der Waals surface area (Å²) in [6.45, 7) is 3.59. The van der Waals surface area contributed by atoms with Crippen LogP contribution in [-0.4, -0.2) is 66.6 Å². The predicted molar refractivity (Wildman–Crippen MR) is 195 cm³/mol. The second-order valence-corrected chi connectivity index (χ2v) is 12.1. The first-order valence-corrected chi connectivity index (χ1v) is 16.9. The lowest BCUT2D eigenvalue weighted by Gasteiger charge is -2.31. The largest absolute Gasteiger partial charge is 0.491 e. The van der Waals surface area contributed by atoms with Crippen LogP contribution in [0.4, 0.5) is 44.6 Å². The van der Waals surface area contributed by atoms with Crippen LogP contribution in [0, 0.1) is 11.7 Å². The molecule has 1 fully saturated rings. The van der Waals surface area contributed by atoms with E-state index < -0.39 is 5.82 Å². The van der Waals surface area contributed by atoms with Crippen molar-refractivity contribution >= 4 is 52.0 Å². The van der Waals surface area contributed by atoms with Gasteiger partial charge in [-0.1, -0.05) is 24.6 Å². The number of amides is 2. The SMILES string of the molecule is COCCOc1ccc(Nc2ncc(F)c(Nc3cccc(NC(=O)C4CCN(CCCCCC(=O)Nc5ccccc5N)CC4)c3)n2)cc1. The van der Waals surface area contributed by atoms with Crippen molar-refractivity contribution in [1.29, 1.82) is 0 Å². The van der Waals surface area contributed by atoms with Crippen molar-refractivity contribution in [2.24, 2.45) is 5.92 Å². The third kappa shape index (κ3) is 11.1. The van der Waals surface area contributed by atoms with Gasteiger partial charge in [0.05, 0.1) is 24.2 Å². The first-order valence-electron chi connectivity index (χ1n) is 16.9. The number of nitrogen functional groups attached to an aromatic ring is 1. The zero-order chi connectivity index (χ0) is 35.1. The van der Waals surface area contributed by atoms with E-state index in [0.717, 1.165) is 57.9 Å². The number of rotatable bonds is 17. The number of anilines is 7. The first kappa shape index (κ1) is 36.0. The summed E-state index contributed by atoms with van der Waals surface area (Å²) in [5, 5.41) is 12.0. The zero-order valence-electron chi connectivity index (χ0n) is 28.3. The van der Waals surface area contributed by atoms with Gasteiger partial charge in [0.2, 0.25) is 17.8 Å². The lowest BCUT2D eigenvalue weighted by Crippen LogP contribution is -2.38. The molecule has 50 heavy (non-hydrogen) atoms. The molecule has 0 spiro atoms. The first-order chi connectivity index (χ1) is 24.4. The van der Waals surface area contributed by atoms with E-state index in [0.29, 0.717) is 53.8 Å². The number of benzene rings is 3. The van der Waals surface area contributed by atoms with Crippen molar-refractivity contribution < 1.29 is 23.5 Å².